The van der Waals surface area contributed by atoms with E-state index in [2.05, 4.69) is 11.7 Å². The second-order valence-electron chi connectivity index (χ2n) is 6.74. The van der Waals surface area contributed by atoms with E-state index in [1.807, 2.05) is 0 Å². The zero-order chi connectivity index (χ0) is 19.4. The van der Waals surface area contributed by atoms with Crippen molar-refractivity contribution in [1.29, 1.82) is 0 Å². The van der Waals surface area contributed by atoms with Gasteiger partial charge in [-0.05, 0) is 6.42 Å². The summed E-state index contributed by atoms with van der Waals surface area (Å²) in [5.74, 6) is -3.22. The third-order valence-corrected chi connectivity index (χ3v) is 4.44. The number of rotatable bonds is 14. The van der Waals surface area contributed by atoms with E-state index < -0.39 is 42.3 Å². The fraction of sp³-hybridized carbons (Fsp3) is 0.789. The van der Waals surface area contributed by atoms with E-state index in [-0.39, 0.29) is 6.42 Å². The van der Waals surface area contributed by atoms with Crippen molar-refractivity contribution in [3.63, 3.8) is 0 Å². The maximum Gasteiger partial charge on any atom is 0.377 e. The van der Waals surface area contributed by atoms with Gasteiger partial charge in [-0.15, -0.1) is 0 Å². The SMILES string of the molecule is CCCCCCCCCCCCC(=O)OC[C@H](O)[C@H]1OC(=O)C(O)=C1O. The third kappa shape index (κ3) is 8.08. The molecule has 2 atom stereocenters. The zero-order valence-electron chi connectivity index (χ0n) is 15.6. The molecule has 7 heteroatoms. The number of hydrogen-bond donors (Lipinski definition) is 3. The van der Waals surface area contributed by atoms with Crippen molar-refractivity contribution in [3.8, 4) is 0 Å². The molecule has 0 aromatic carbocycles. The molecule has 3 N–H and O–H groups in total. The van der Waals surface area contributed by atoms with Gasteiger partial charge in [0.2, 0.25) is 5.76 Å². The maximum atomic E-state index is 11.6. The lowest BCUT2D eigenvalue weighted by Crippen LogP contribution is -2.33. The zero-order valence-corrected chi connectivity index (χ0v) is 15.6. The molecule has 0 aliphatic carbocycles. The van der Waals surface area contributed by atoms with Gasteiger partial charge in [0.1, 0.15) is 12.7 Å². The summed E-state index contributed by atoms with van der Waals surface area (Å²) in [6.07, 6.45) is 9.15. The largest absolute Gasteiger partial charge is 0.505 e. The first-order valence-corrected chi connectivity index (χ1v) is 9.64. The molecule has 0 spiro atoms. The van der Waals surface area contributed by atoms with Crippen molar-refractivity contribution in [1.82, 2.24) is 0 Å². The Morgan fingerprint density at radius 1 is 1.04 bits per heavy atom. The summed E-state index contributed by atoms with van der Waals surface area (Å²) in [7, 11) is 0. The Labute approximate surface area is 155 Å². The molecule has 0 fully saturated rings. The molecule has 26 heavy (non-hydrogen) atoms. The lowest BCUT2D eigenvalue weighted by molar-refractivity contribution is -0.154. The standard InChI is InChI=1S/C19H32O7/c1-2-3-4-5-6-7-8-9-10-11-12-15(21)25-13-14(20)18-16(22)17(23)19(24)26-18/h14,18,20,22-23H,2-13H2,1H3/t14-,18+/m0/s1. The lowest BCUT2D eigenvalue weighted by atomic mass is 10.1. The van der Waals surface area contributed by atoms with Crippen molar-refractivity contribution >= 4 is 11.9 Å². The normalized spacial score (nSPS) is 18.1. The Hall–Kier alpha value is -1.76. The molecule has 0 aromatic heterocycles. The van der Waals surface area contributed by atoms with Crippen LogP contribution < -0.4 is 0 Å². The van der Waals surface area contributed by atoms with Gasteiger partial charge in [0.15, 0.2) is 11.9 Å². The molecule has 7 nitrogen and oxygen atoms in total. The molecular formula is C19H32O7. The predicted octanol–water partition coefficient (Wildman–Crippen LogP) is 3.45. The number of carbonyl (C=O) groups is 2. The smallest absolute Gasteiger partial charge is 0.377 e. The molecule has 0 radical (unpaired) electrons. The Morgan fingerprint density at radius 3 is 2.08 bits per heavy atom. The van der Waals surface area contributed by atoms with Gasteiger partial charge in [-0.3, -0.25) is 4.79 Å². The van der Waals surface area contributed by atoms with E-state index in [4.69, 9.17) is 9.84 Å². The summed E-state index contributed by atoms with van der Waals surface area (Å²) in [5.41, 5.74) is 0. The molecule has 0 unspecified atom stereocenters. The van der Waals surface area contributed by atoms with Crippen LogP contribution in [0.15, 0.2) is 11.5 Å². The molecule has 0 aromatic rings. The van der Waals surface area contributed by atoms with Gasteiger partial charge in [0, 0.05) is 6.42 Å². The van der Waals surface area contributed by atoms with Crippen LogP contribution in [0.25, 0.3) is 0 Å². The minimum atomic E-state index is -1.42. The Kier molecular flexibility index (Phi) is 10.8. The van der Waals surface area contributed by atoms with Crippen LogP contribution in [0.2, 0.25) is 0 Å². The predicted molar refractivity (Wildman–Crippen MR) is 95.6 cm³/mol. The average molecular weight is 372 g/mol. The first-order chi connectivity index (χ1) is 12.5. The minimum absolute atomic E-state index is 0.265. The summed E-state index contributed by atoms with van der Waals surface area (Å²) in [6.45, 7) is 1.80. The minimum Gasteiger partial charge on any atom is -0.505 e. The number of ether oxygens (including phenoxy) is 2. The maximum absolute atomic E-state index is 11.6. The van der Waals surface area contributed by atoms with Crippen LogP contribution in [0.1, 0.15) is 77.6 Å². The van der Waals surface area contributed by atoms with Crippen molar-refractivity contribution in [2.24, 2.45) is 0 Å². The van der Waals surface area contributed by atoms with Crippen molar-refractivity contribution < 1.29 is 34.4 Å². The van der Waals surface area contributed by atoms with E-state index in [0.29, 0.717) is 0 Å². The highest BCUT2D eigenvalue weighted by Gasteiger charge is 2.39. The van der Waals surface area contributed by atoms with Gasteiger partial charge in [0.25, 0.3) is 0 Å². The molecule has 1 aliphatic rings. The Morgan fingerprint density at radius 2 is 1.58 bits per heavy atom. The van der Waals surface area contributed by atoms with E-state index in [1.54, 1.807) is 0 Å². The number of hydrogen-bond acceptors (Lipinski definition) is 7. The molecule has 0 amide bonds. The number of aliphatic hydroxyl groups excluding tert-OH is 3. The van der Waals surface area contributed by atoms with Gasteiger partial charge in [0.05, 0.1) is 0 Å². The van der Waals surface area contributed by atoms with Crippen molar-refractivity contribution in [3.05, 3.63) is 11.5 Å². The molecule has 0 saturated carbocycles. The van der Waals surface area contributed by atoms with Gasteiger partial charge >= 0.3 is 11.9 Å². The van der Waals surface area contributed by atoms with Gasteiger partial charge in [-0.25, -0.2) is 4.79 Å². The number of cyclic esters (lactones) is 1. The van der Waals surface area contributed by atoms with Crippen LogP contribution in [-0.4, -0.2) is 46.1 Å². The van der Waals surface area contributed by atoms with Crippen LogP contribution in [0.5, 0.6) is 0 Å². The lowest BCUT2D eigenvalue weighted by Gasteiger charge is -2.17. The number of aliphatic hydroxyl groups is 3. The molecule has 1 rings (SSSR count). The molecule has 0 bridgehead atoms. The summed E-state index contributed by atoms with van der Waals surface area (Å²) in [5, 5.41) is 28.4. The topological polar surface area (TPSA) is 113 Å². The fourth-order valence-corrected chi connectivity index (χ4v) is 2.82. The number of carbonyl (C=O) groups excluding carboxylic acids is 2. The highest BCUT2D eigenvalue weighted by atomic mass is 16.6. The van der Waals surface area contributed by atoms with Crippen LogP contribution in [0.4, 0.5) is 0 Å². The van der Waals surface area contributed by atoms with Crippen molar-refractivity contribution in [2.75, 3.05) is 6.61 Å². The summed E-state index contributed by atoms with van der Waals surface area (Å²) >= 11 is 0. The first-order valence-electron chi connectivity index (χ1n) is 9.64. The number of esters is 2. The summed E-state index contributed by atoms with van der Waals surface area (Å²) in [4.78, 5) is 22.7. The summed E-state index contributed by atoms with van der Waals surface area (Å²) < 4.78 is 9.51. The highest BCUT2D eigenvalue weighted by Crippen LogP contribution is 2.21. The van der Waals surface area contributed by atoms with E-state index in [9.17, 15) is 19.8 Å². The van der Waals surface area contributed by atoms with E-state index >= 15 is 0 Å². The third-order valence-electron chi connectivity index (χ3n) is 4.44. The van der Waals surface area contributed by atoms with Crippen LogP contribution in [0.3, 0.4) is 0 Å². The van der Waals surface area contributed by atoms with Gasteiger partial charge < -0.3 is 24.8 Å². The second kappa shape index (κ2) is 12.6. The average Bonchev–Trinajstić information content (AvgIpc) is 2.88. The first kappa shape index (κ1) is 22.3. The van der Waals surface area contributed by atoms with E-state index in [1.165, 1.54) is 44.9 Å². The Bertz CT molecular complexity index is 473. The molecule has 150 valence electrons. The van der Waals surface area contributed by atoms with Gasteiger partial charge in [-0.2, -0.15) is 0 Å². The second-order valence-corrected chi connectivity index (χ2v) is 6.74. The Balaban J connectivity index is 2.01. The fourth-order valence-electron chi connectivity index (χ4n) is 2.82. The quantitative estimate of drug-likeness (QED) is 0.316. The van der Waals surface area contributed by atoms with Crippen LogP contribution in [0, 0.1) is 0 Å². The van der Waals surface area contributed by atoms with Crippen LogP contribution >= 0.6 is 0 Å². The van der Waals surface area contributed by atoms with Crippen LogP contribution in [-0.2, 0) is 19.1 Å². The van der Waals surface area contributed by atoms with Gasteiger partial charge in [-0.1, -0.05) is 64.7 Å². The van der Waals surface area contributed by atoms with E-state index in [0.717, 1.165) is 19.3 Å². The summed E-state index contributed by atoms with van der Waals surface area (Å²) in [6, 6.07) is 0. The molecular weight excluding hydrogens is 340 g/mol. The molecule has 1 aliphatic heterocycles. The monoisotopic (exact) mass is 372 g/mol. The highest BCUT2D eigenvalue weighted by molar-refractivity contribution is 5.89. The number of unbranched alkanes of at least 4 members (excludes halogenated alkanes) is 9. The molecule has 1 heterocycles. The molecule has 0 saturated heterocycles. The van der Waals surface area contributed by atoms with Crippen molar-refractivity contribution in [2.45, 2.75) is 89.8 Å².